The molecule has 1 aromatic heterocycles. The monoisotopic (exact) mass is 294 g/mol. The fraction of sp³-hybridized carbons (Fsp3) is 0.545. The quantitative estimate of drug-likeness (QED) is 0.732. The van der Waals surface area contributed by atoms with Gasteiger partial charge in [0, 0.05) is 11.8 Å². The molecule has 0 fully saturated rings. The number of aromatic nitrogens is 2. The van der Waals surface area contributed by atoms with Crippen molar-refractivity contribution in [2.24, 2.45) is 0 Å². The number of aryl methyl sites for hydroxylation is 1. The van der Waals surface area contributed by atoms with Crippen LogP contribution in [0.15, 0.2) is 6.20 Å². The number of anilines is 2. The van der Waals surface area contributed by atoms with Gasteiger partial charge >= 0.3 is 12.1 Å². The highest BCUT2D eigenvalue weighted by molar-refractivity contribution is 5.73. The summed E-state index contributed by atoms with van der Waals surface area (Å²) in [5.74, 6) is -1.99. The number of hydrogen-bond donors (Lipinski definition) is 3. The predicted octanol–water partition coefficient (Wildman–Crippen LogP) is 2.01. The van der Waals surface area contributed by atoms with Crippen molar-refractivity contribution in [3.05, 3.63) is 11.8 Å². The van der Waals surface area contributed by atoms with Gasteiger partial charge in [0.1, 0.15) is 5.82 Å². The molecule has 0 radical (unpaired) electrons. The van der Waals surface area contributed by atoms with E-state index >= 15 is 0 Å². The average molecular weight is 294 g/mol. The predicted molar refractivity (Wildman–Crippen MR) is 67.8 cm³/mol. The number of nitrogens with two attached hydrogens (primary N) is 2. The summed E-state index contributed by atoms with van der Waals surface area (Å²) < 4.78 is 31.7. The highest BCUT2D eigenvalue weighted by atomic mass is 19.4. The number of nitrogens with zero attached hydrogens (tertiary/aromatic N) is 2. The van der Waals surface area contributed by atoms with E-state index in [1.807, 2.05) is 0 Å². The Hall–Kier alpha value is -2.06. The van der Waals surface area contributed by atoms with E-state index in [-0.39, 0.29) is 5.95 Å². The van der Waals surface area contributed by atoms with Gasteiger partial charge in [-0.1, -0.05) is 19.8 Å². The second-order valence-corrected chi connectivity index (χ2v) is 3.90. The van der Waals surface area contributed by atoms with Gasteiger partial charge in [-0.2, -0.15) is 18.2 Å². The van der Waals surface area contributed by atoms with Gasteiger partial charge in [-0.25, -0.2) is 9.78 Å². The first-order valence-corrected chi connectivity index (χ1v) is 5.85. The first-order valence-electron chi connectivity index (χ1n) is 5.85. The lowest BCUT2D eigenvalue weighted by molar-refractivity contribution is -0.192. The molecule has 9 heteroatoms. The summed E-state index contributed by atoms with van der Waals surface area (Å²) >= 11 is 0. The van der Waals surface area contributed by atoms with Crippen molar-refractivity contribution in [1.29, 1.82) is 0 Å². The van der Waals surface area contributed by atoms with E-state index < -0.39 is 12.1 Å². The van der Waals surface area contributed by atoms with Crippen LogP contribution < -0.4 is 11.5 Å². The smallest absolute Gasteiger partial charge is 0.475 e. The first-order chi connectivity index (χ1) is 9.18. The molecule has 0 unspecified atom stereocenters. The molecule has 0 aliphatic heterocycles. The molecule has 1 rings (SSSR count). The molecule has 5 N–H and O–H groups in total. The van der Waals surface area contributed by atoms with Gasteiger partial charge in [0.2, 0.25) is 5.95 Å². The van der Waals surface area contributed by atoms with Gasteiger partial charge in [0.15, 0.2) is 0 Å². The van der Waals surface area contributed by atoms with Crippen LogP contribution in [0.1, 0.15) is 31.7 Å². The molecule has 0 aromatic carbocycles. The topological polar surface area (TPSA) is 115 Å². The lowest BCUT2D eigenvalue weighted by Gasteiger charge is -2.03. The molecule has 0 saturated carbocycles. The number of unbranched alkanes of at least 4 members (excludes halogenated alkanes) is 2. The molecule has 0 atom stereocenters. The molecule has 1 heterocycles. The number of carboxylic acid groups (broad SMARTS) is 1. The first kappa shape index (κ1) is 17.9. The molecule has 0 spiro atoms. The molecular formula is C11H17F3N4O2. The standard InChI is InChI=1S/C9H16N4.C2HF3O2/c1-2-3-4-5-7-6-12-9(11)13-8(7)10;3-2(4,5)1(6)7/h6H,2-5H2,1H3,(H4,10,11,12,13);(H,6,7). The van der Waals surface area contributed by atoms with Crippen molar-refractivity contribution in [1.82, 2.24) is 9.97 Å². The molecule has 0 aliphatic rings. The van der Waals surface area contributed by atoms with E-state index in [0.29, 0.717) is 5.82 Å². The van der Waals surface area contributed by atoms with Crippen LogP contribution in [0.5, 0.6) is 0 Å². The average Bonchev–Trinajstić information content (AvgIpc) is 2.32. The van der Waals surface area contributed by atoms with E-state index in [1.54, 1.807) is 6.20 Å². The number of aliphatic carboxylic acids is 1. The number of carbonyl (C=O) groups is 1. The third-order valence-electron chi connectivity index (χ3n) is 2.21. The molecule has 0 saturated heterocycles. The van der Waals surface area contributed by atoms with Gasteiger partial charge in [0.05, 0.1) is 0 Å². The Bertz CT molecular complexity index is 438. The fourth-order valence-electron chi connectivity index (χ4n) is 1.19. The second kappa shape index (κ2) is 8.18. The highest BCUT2D eigenvalue weighted by Crippen LogP contribution is 2.13. The SMILES string of the molecule is CCCCCc1cnc(N)nc1N.O=C(O)C(F)(F)F. The van der Waals surface area contributed by atoms with Gasteiger partial charge in [-0.3, -0.25) is 0 Å². The Morgan fingerprint density at radius 1 is 1.35 bits per heavy atom. The van der Waals surface area contributed by atoms with Crippen LogP contribution in [0.4, 0.5) is 24.9 Å². The molecule has 1 aromatic rings. The summed E-state index contributed by atoms with van der Waals surface area (Å²) in [5.41, 5.74) is 12.1. The Morgan fingerprint density at radius 2 is 1.90 bits per heavy atom. The summed E-state index contributed by atoms with van der Waals surface area (Å²) in [4.78, 5) is 16.7. The molecule has 0 bridgehead atoms. The van der Waals surface area contributed by atoms with E-state index in [2.05, 4.69) is 16.9 Å². The van der Waals surface area contributed by atoms with E-state index in [9.17, 15) is 13.2 Å². The molecular weight excluding hydrogens is 277 g/mol. The highest BCUT2D eigenvalue weighted by Gasteiger charge is 2.38. The summed E-state index contributed by atoms with van der Waals surface area (Å²) in [5, 5.41) is 7.12. The zero-order valence-corrected chi connectivity index (χ0v) is 10.9. The minimum atomic E-state index is -5.08. The van der Waals surface area contributed by atoms with E-state index in [0.717, 1.165) is 18.4 Å². The Balaban J connectivity index is 0.000000441. The molecule has 0 aliphatic carbocycles. The van der Waals surface area contributed by atoms with Crippen LogP contribution in [-0.2, 0) is 11.2 Å². The number of rotatable bonds is 4. The van der Waals surface area contributed by atoms with Crippen molar-refractivity contribution in [2.75, 3.05) is 11.5 Å². The lowest BCUT2D eigenvalue weighted by atomic mass is 10.1. The van der Waals surface area contributed by atoms with Gasteiger partial charge in [-0.15, -0.1) is 0 Å². The Kier molecular flexibility index (Phi) is 7.34. The maximum absolute atomic E-state index is 10.6. The molecule has 6 nitrogen and oxygen atoms in total. The lowest BCUT2D eigenvalue weighted by Crippen LogP contribution is -2.21. The zero-order chi connectivity index (χ0) is 15.8. The van der Waals surface area contributed by atoms with Gasteiger partial charge in [0.25, 0.3) is 0 Å². The number of carboxylic acids is 1. The molecule has 20 heavy (non-hydrogen) atoms. The number of nitrogen functional groups attached to an aromatic ring is 2. The van der Waals surface area contributed by atoms with Crippen LogP contribution in [0, 0.1) is 0 Å². The molecule has 114 valence electrons. The number of alkyl halides is 3. The summed E-state index contributed by atoms with van der Waals surface area (Å²) in [6, 6.07) is 0. The third-order valence-corrected chi connectivity index (χ3v) is 2.21. The van der Waals surface area contributed by atoms with Gasteiger partial charge < -0.3 is 16.6 Å². The normalized spacial score (nSPS) is 10.6. The second-order valence-electron chi connectivity index (χ2n) is 3.90. The number of hydrogen-bond acceptors (Lipinski definition) is 5. The fourth-order valence-corrected chi connectivity index (χ4v) is 1.19. The zero-order valence-electron chi connectivity index (χ0n) is 10.9. The number of halogens is 3. The summed E-state index contributed by atoms with van der Waals surface area (Å²) in [7, 11) is 0. The van der Waals surface area contributed by atoms with Crippen LogP contribution >= 0.6 is 0 Å². The minimum absolute atomic E-state index is 0.247. The molecule has 0 amide bonds. The maximum Gasteiger partial charge on any atom is 0.490 e. The van der Waals surface area contributed by atoms with Crippen molar-refractivity contribution >= 4 is 17.7 Å². The Labute approximate surface area is 114 Å². The van der Waals surface area contributed by atoms with Crippen molar-refractivity contribution in [2.45, 2.75) is 38.8 Å². The van der Waals surface area contributed by atoms with Crippen LogP contribution in [0.25, 0.3) is 0 Å². The minimum Gasteiger partial charge on any atom is -0.475 e. The van der Waals surface area contributed by atoms with E-state index in [1.165, 1.54) is 12.8 Å². The summed E-state index contributed by atoms with van der Waals surface area (Å²) in [6.45, 7) is 2.17. The van der Waals surface area contributed by atoms with Crippen LogP contribution in [-0.4, -0.2) is 27.2 Å². The van der Waals surface area contributed by atoms with E-state index in [4.69, 9.17) is 21.4 Å². The van der Waals surface area contributed by atoms with Crippen LogP contribution in [0.3, 0.4) is 0 Å². The van der Waals surface area contributed by atoms with Crippen molar-refractivity contribution < 1.29 is 23.1 Å². The van der Waals surface area contributed by atoms with Crippen molar-refractivity contribution in [3.8, 4) is 0 Å². The van der Waals surface area contributed by atoms with Crippen LogP contribution in [0.2, 0.25) is 0 Å². The van der Waals surface area contributed by atoms with Crippen molar-refractivity contribution in [3.63, 3.8) is 0 Å². The Morgan fingerprint density at radius 3 is 2.30 bits per heavy atom. The summed E-state index contributed by atoms with van der Waals surface area (Å²) in [6.07, 6.45) is 1.13. The maximum atomic E-state index is 10.6. The van der Waals surface area contributed by atoms with Gasteiger partial charge in [-0.05, 0) is 12.8 Å². The third kappa shape index (κ3) is 7.39. The largest absolute Gasteiger partial charge is 0.490 e.